The van der Waals surface area contributed by atoms with Crippen LogP contribution in [0.1, 0.15) is 26.3 Å². The van der Waals surface area contributed by atoms with Crippen molar-refractivity contribution in [1.29, 1.82) is 0 Å². The third kappa shape index (κ3) is 7.27. The van der Waals surface area contributed by atoms with E-state index in [9.17, 15) is 9.59 Å². The number of carbonyl (C=O) groups is 2. The largest absolute Gasteiger partial charge is 0.494 e. The number of nitrogens with one attached hydrogen (secondary N) is 2. The van der Waals surface area contributed by atoms with Gasteiger partial charge in [-0.25, -0.2) is 0 Å². The van der Waals surface area contributed by atoms with E-state index in [1.165, 1.54) is 5.56 Å². The molecule has 2 rings (SSSR count). The number of thioether (sulfide) groups is 1. The molecule has 1 unspecified atom stereocenters. The van der Waals surface area contributed by atoms with Gasteiger partial charge in [-0.05, 0) is 42.7 Å². The van der Waals surface area contributed by atoms with E-state index in [2.05, 4.69) is 10.6 Å². The Hall–Kier alpha value is -2.47. The van der Waals surface area contributed by atoms with Gasteiger partial charge in [-0.2, -0.15) is 0 Å². The van der Waals surface area contributed by atoms with Crippen LogP contribution in [0.4, 0.5) is 5.69 Å². The van der Waals surface area contributed by atoms with Gasteiger partial charge in [0.25, 0.3) is 0 Å². The highest BCUT2D eigenvalue weighted by molar-refractivity contribution is 7.99. The summed E-state index contributed by atoms with van der Waals surface area (Å²) in [5.74, 6) is 1.31. The molecule has 2 aromatic rings. The molecule has 2 amide bonds. The summed E-state index contributed by atoms with van der Waals surface area (Å²) in [7, 11) is 0. The van der Waals surface area contributed by atoms with Gasteiger partial charge in [0.1, 0.15) is 5.75 Å². The lowest BCUT2D eigenvalue weighted by Crippen LogP contribution is -2.40. The average molecular weight is 401 g/mol. The van der Waals surface area contributed by atoms with Crippen LogP contribution < -0.4 is 15.4 Å². The summed E-state index contributed by atoms with van der Waals surface area (Å²) in [5.41, 5.74) is 1.85. The molecule has 0 aliphatic rings. The minimum Gasteiger partial charge on any atom is -0.494 e. The van der Waals surface area contributed by atoms with Crippen molar-refractivity contribution >= 4 is 29.3 Å². The number of hydrogen-bond acceptors (Lipinski definition) is 4. The van der Waals surface area contributed by atoms with Crippen LogP contribution in [0.3, 0.4) is 0 Å². The lowest BCUT2D eigenvalue weighted by molar-refractivity contribution is -0.124. The molecule has 0 fully saturated rings. The van der Waals surface area contributed by atoms with Crippen molar-refractivity contribution < 1.29 is 14.3 Å². The second kappa shape index (κ2) is 11.4. The second-order valence-corrected chi connectivity index (χ2v) is 7.81. The molecule has 0 aliphatic heterocycles. The van der Waals surface area contributed by atoms with Crippen molar-refractivity contribution in [2.45, 2.75) is 31.8 Å². The fourth-order valence-corrected chi connectivity index (χ4v) is 3.79. The van der Waals surface area contributed by atoms with Crippen molar-refractivity contribution in [2.75, 3.05) is 18.5 Å². The number of carbonyl (C=O) groups excluding carboxylic acids is 2. The maximum absolute atomic E-state index is 12.6. The topological polar surface area (TPSA) is 67.4 Å². The molecule has 5 nitrogen and oxygen atoms in total. The van der Waals surface area contributed by atoms with Crippen LogP contribution in [0.25, 0.3) is 0 Å². The standard InChI is InChI=1S/C22H28N2O3S/c1-4-27-19-12-10-18(11-13-19)24-20(25)14-23-22(26)21(16(2)3)28-15-17-8-6-5-7-9-17/h5-13,16,21H,4,14-15H2,1-3H3,(H,23,26)(H,24,25). The third-order valence-electron chi connectivity index (χ3n) is 4.01. The van der Waals surface area contributed by atoms with Crippen molar-refractivity contribution in [2.24, 2.45) is 5.92 Å². The Morgan fingerprint density at radius 2 is 1.71 bits per heavy atom. The highest BCUT2D eigenvalue weighted by Crippen LogP contribution is 2.24. The third-order valence-corrected chi connectivity index (χ3v) is 5.63. The van der Waals surface area contributed by atoms with Gasteiger partial charge in [0.05, 0.1) is 18.4 Å². The van der Waals surface area contributed by atoms with Gasteiger partial charge in [0, 0.05) is 11.4 Å². The molecule has 6 heteroatoms. The van der Waals surface area contributed by atoms with E-state index in [0.29, 0.717) is 12.3 Å². The fraction of sp³-hybridized carbons (Fsp3) is 0.364. The zero-order valence-electron chi connectivity index (χ0n) is 16.6. The summed E-state index contributed by atoms with van der Waals surface area (Å²) in [5, 5.41) is 5.32. The van der Waals surface area contributed by atoms with Crippen LogP contribution in [0, 0.1) is 5.92 Å². The normalized spacial score (nSPS) is 11.7. The van der Waals surface area contributed by atoms with E-state index in [1.807, 2.05) is 51.1 Å². The van der Waals surface area contributed by atoms with Crippen LogP contribution >= 0.6 is 11.8 Å². The Morgan fingerprint density at radius 1 is 1.04 bits per heavy atom. The number of rotatable bonds is 10. The molecule has 28 heavy (non-hydrogen) atoms. The summed E-state index contributed by atoms with van der Waals surface area (Å²) in [6.07, 6.45) is 0. The molecule has 0 heterocycles. The van der Waals surface area contributed by atoms with Crippen molar-refractivity contribution in [1.82, 2.24) is 5.32 Å². The van der Waals surface area contributed by atoms with Gasteiger partial charge in [-0.1, -0.05) is 44.2 Å². The van der Waals surface area contributed by atoms with E-state index in [1.54, 1.807) is 36.0 Å². The number of ether oxygens (including phenoxy) is 1. The maximum atomic E-state index is 12.6. The van der Waals surface area contributed by atoms with Crippen LogP contribution in [0.2, 0.25) is 0 Å². The summed E-state index contributed by atoms with van der Waals surface area (Å²) in [6.45, 7) is 6.49. The molecule has 2 N–H and O–H groups in total. The molecule has 0 saturated heterocycles. The van der Waals surface area contributed by atoms with E-state index in [0.717, 1.165) is 11.5 Å². The average Bonchev–Trinajstić information content (AvgIpc) is 2.69. The van der Waals surface area contributed by atoms with Gasteiger partial charge < -0.3 is 15.4 Å². The lowest BCUT2D eigenvalue weighted by atomic mass is 10.1. The summed E-state index contributed by atoms with van der Waals surface area (Å²) in [6, 6.07) is 17.2. The van der Waals surface area contributed by atoms with Crippen LogP contribution in [0.5, 0.6) is 5.75 Å². The molecule has 2 aromatic carbocycles. The summed E-state index contributed by atoms with van der Waals surface area (Å²) >= 11 is 1.60. The predicted molar refractivity (Wildman–Crippen MR) is 116 cm³/mol. The summed E-state index contributed by atoms with van der Waals surface area (Å²) in [4.78, 5) is 24.7. The Kier molecular flexibility index (Phi) is 8.88. The highest BCUT2D eigenvalue weighted by Gasteiger charge is 2.23. The molecule has 1 atom stereocenters. The number of hydrogen-bond donors (Lipinski definition) is 2. The Labute approximate surface area is 171 Å². The smallest absolute Gasteiger partial charge is 0.243 e. The monoisotopic (exact) mass is 400 g/mol. The zero-order valence-corrected chi connectivity index (χ0v) is 17.4. The van der Waals surface area contributed by atoms with Gasteiger partial charge in [0.15, 0.2) is 0 Å². The number of amides is 2. The molecule has 0 spiro atoms. The summed E-state index contributed by atoms with van der Waals surface area (Å²) < 4.78 is 5.38. The van der Waals surface area contributed by atoms with Crippen molar-refractivity contribution in [3.05, 3.63) is 60.2 Å². The molecule has 0 aromatic heterocycles. The van der Waals surface area contributed by atoms with E-state index in [-0.39, 0.29) is 29.5 Å². The molecule has 0 saturated carbocycles. The van der Waals surface area contributed by atoms with E-state index in [4.69, 9.17) is 4.74 Å². The Balaban J connectivity index is 1.81. The Bertz CT molecular complexity index is 748. The number of anilines is 1. The van der Waals surface area contributed by atoms with Gasteiger partial charge >= 0.3 is 0 Å². The first kappa shape index (κ1) is 21.8. The van der Waals surface area contributed by atoms with Crippen molar-refractivity contribution in [3.63, 3.8) is 0 Å². The van der Waals surface area contributed by atoms with Gasteiger partial charge in [-0.3, -0.25) is 9.59 Å². The molecular weight excluding hydrogens is 372 g/mol. The molecular formula is C22H28N2O3S. The van der Waals surface area contributed by atoms with Crippen molar-refractivity contribution in [3.8, 4) is 5.75 Å². The second-order valence-electron chi connectivity index (χ2n) is 6.68. The van der Waals surface area contributed by atoms with Crippen LogP contribution in [-0.4, -0.2) is 30.2 Å². The first-order chi connectivity index (χ1) is 13.5. The minimum absolute atomic E-state index is 0.0544. The molecule has 150 valence electrons. The SMILES string of the molecule is CCOc1ccc(NC(=O)CNC(=O)C(SCc2ccccc2)C(C)C)cc1. The zero-order chi connectivity index (χ0) is 20.4. The maximum Gasteiger partial charge on any atom is 0.243 e. The first-order valence-electron chi connectivity index (χ1n) is 9.45. The van der Waals surface area contributed by atoms with Gasteiger partial charge in [0.2, 0.25) is 11.8 Å². The molecule has 0 aliphatic carbocycles. The minimum atomic E-state index is -0.256. The molecule has 0 bridgehead atoms. The van der Waals surface area contributed by atoms with E-state index >= 15 is 0 Å². The first-order valence-corrected chi connectivity index (χ1v) is 10.5. The lowest BCUT2D eigenvalue weighted by Gasteiger charge is -2.20. The predicted octanol–water partition coefficient (Wildman–Crippen LogP) is 4.10. The quantitative estimate of drug-likeness (QED) is 0.630. The van der Waals surface area contributed by atoms with Gasteiger partial charge in [-0.15, -0.1) is 11.8 Å². The van der Waals surface area contributed by atoms with Crippen LogP contribution in [0.15, 0.2) is 54.6 Å². The molecule has 0 radical (unpaired) electrons. The number of benzene rings is 2. The highest BCUT2D eigenvalue weighted by atomic mass is 32.2. The van der Waals surface area contributed by atoms with E-state index < -0.39 is 0 Å². The fourth-order valence-electron chi connectivity index (χ4n) is 2.61. The Morgan fingerprint density at radius 3 is 2.32 bits per heavy atom. The van der Waals surface area contributed by atoms with Crippen LogP contribution in [-0.2, 0) is 15.3 Å².